The standard InChI is InChI=1S/C17H23F3N2O3S/c1-22(16(24)8-13-11-26-7-6-21-13)9-14(23)10-25-15-4-2-12(3-5-15)17(18,19)20/h2-5,13-14,21,23H,6-11H2,1H3. The zero-order valence-electron chi connectivity index (χ0n) is 14.5. The maximum absolute atomic E-state index is 12.5. The van der Waals surface area contributed by atoms with Gasteiger partial charge in [0.2, 0.25) is 5.91 Å². The number of ether oxygens (including phenoxy) is 1. The largest absolute Gasteiger partial charge is 0.491 e. The lowest BCUT2D eigenvalue weighted by Gasteiger charge is -2.26. The number of halogens is 3. The highest BCUT2D eigenvalue weighted by Gasteiger charge is 2.30. The van der Waals surface area contributed by atoms with Crippen LogP contribution in [0, 0.1) is 0 Å². The highest BCUT2D eigenvalue weighted by molar-refractivity contribution is 7.99. The molecule has 1 heterocycles. The minimum atomic E-state index is -4.40. The fourth-order valence-electron chi connectivity index (χ4n) is 2.52. The SMILES string of the molecule is CN(CC(O)COc1ccc(C(F)(F)F)cc1)C(=O)CC1CSCCN1. The zero-order valence-corrected chi connectivity index (χ0v) is 15.3. The number of likely N-dealkylation sites (N-methyl/N-ethyl adjacent to an activating group) is 1. The van der Waals surface area contributed by atoms with E-state index in [-0.39, 0.29) is 30.9 Å². The van der Waals surface area contributed by atoms with Gasteiger partial charge in [-0.05, 0) is 24.3 Å². The molecule has 2 rings (SSSR count). The van der Waals surface area contributed by atoms with Gasteiger partial charge in [0.15, 0.2) is 0 Å². The third-order valence-electron chi connectivity index (χ3n) is 3.95. The molecule has 1 amide bonds. The lowest BCUT2D eigenvalue weighted by molar-refractivity contribution is -0.137. The van der Waals surface area contributed by atoms with Crippen molar-refractivity contribution in [1.82, 2.24) is 10.2 Å². The van der Waals surface area contributed by atoms with E-state index < -0.39 is 17.8 Å². The summed E-state index contributed by atoms with van der Waals surface area (Å²) < 4.78 is 42.8. The molecule has 2 unspecified atom stereocenters. The zero-order chi connectivity index (χ0) is 19.2. The number of carbonyl (C=O) groups is 1. The van der Waals surface area contributed by atoms with Crippen LogP contribution in [0.25, 0.3) is 0 Å². The molecule has 2 N–H and O–H groups in total. The third kappa shape index (κ3) is 6.69. The number of carbonyl (C=O) groups excluding carboxylic acids is 1. The number of hydrogen-bond acceptors (Lipinski definition) is 5. The predicted octanol–water partition coefficient (Wildman–Crippen LogP) is 2.00. The third-order valence-corrected chi connectivity index (χ3v) is 5.08. The van der Waals surface area contributed by atoms with Crippen molar-refractivity contribution < 1.29 is 27.8 Å². The number of nitrogens with zero attached hydrogens (tertiary/aromatic N) is 1. The molecule has 1 aliphatic rings. The number of aliphatic hydroxyl groups is 1. The van der Waals surface area contributed by atoms with Crippen molar-refractivity contribution in [3.05, 3.63) is 29.8 Å². The fourth-order valence-corrected chi connectivity index (χ4v) is 3.47. The van der Waals surface area contributed by atoms with Crippen LogP contribution in [0.5, 0.6) is 5.75 Å². The van der Waals surface area contributed by atoms with E-state index in [0.29, 0.717) is 6.42 Å². The molecule has 5 nitrogen and oxygen atoms in total. The fraction of sp³-hybridized carbons (Fsp3) is 0.588. The van der Waals surface area contributed by atoms with Gasteiger partial charge in [-0.15, -0.1) is 0 Å². The lowest BCUT2D eigenvalue weighted by atomic mass is 10.2. The van der Waals surface area contributed by atoms with Crippen molar-refractivity contribution in [3.8, 4) is 5.75 Å². The van der Waals surface area contributed by atoms with E-state index in [1.54, 1.807) is 18.8 Å². The second-order valence-corrected chi connectivity index (χ2v) is 7.34. The molecule has 0 saturated carbocycles. The summed E-state index contributed by atoms with van der Waals surface area (Å²) in [5.74, 6) is 2.09. The lowest BCUT2D eigenvalue weighted by Crippen LogP contribution is -2.43. The predicted molar refractivity (Wildman–Crippen MR) is 94.3 cm³/mol. The Morgan fingerprint density at radius 1 is 1.42 bits per heavy atom. The van der Waals surface area contributed by atoms with E-state index in [4.69, 9.17) is 4.74 Å². The van der Waals surface area contributed by atoms with E-state index in [9.17, 15) is 23.1 Å². The molecule has 26 heavy (non-hydrogen) atoms. The minimum Gasteiger partial charge on any atom is -0.491 e. The van der Waals surface area contributed by atoms with Crippen molar-refractivity contribution >= 4 is 17.7 Å². The Labute approximate surface area is 154 Å². The minimum absolute atomic E-state index is 0.0708. The normalized spacial score (nSPS) is 19.0. The number of rotatable bonds is 7. The molecule has 1 saturated heterocycles. The van der Waals surface area contributed by atoms with Crippen LogP contribution in [0.4, 0.5) is 13.2 Å². The Kier molecular flexibility index (Phi) is 7.60. The molecule has 1 aromatic carbocycles. The summed E-state index contributed by atoms with van der Waals surface area (Å²) in [6.45, 7) is 0.871. The average Bonchev–Trinajstić information content (AvgIpc) is 2.60. The molecule has 0 spiro atoms. The number of thioether (sulfide) groups is 1. The molecular weight excluding hydrogens is 369 g/mol. The van der Waals surface area contributed by atoms with Gasteiger partial charge in [0.25, 0.3) is 0 Å². The molecule has 146 valence electrons. The molecule has 0 bridgehead atoms. The monoisotopic (exact) mass is 392 g/mol. The van der Waals surface area contributed by atoms with Crippen molar-refractivity contribution in [2.24, 2.45) is 0 Å². The molecule has 0 radical (unpaired) electrons. The summed E-state index contributed by atoms with van der Waals surface area (Å²) in [5.41, 5.74) is -0.759. The Hall–Kier alpha value is -1.45. The number of nitrogens with one attached hydrogen (secondary N) is 1. The first kappa shape index (κ1) is 20.9. The number of amides is 1. The van der Waals surface area contributed by atoms with Crippen LogP contribution < -0.4 is 10.1 Å². The van der Waals surface area contributed by atoms with Crippen LogP contribution in [0.3, 0.4) is 0 Å². The van der Waals surface area contributed by atoms with Gasteiger partial charge in [-0.25, -0.2) is 0 Å². The molecule has 9 heteroatoms. The number of hydrogen-bond donors (Lipinski definition) is 2. The molecule has 2 atom stereocenters. The summed E-state index contributed by atoms with van der Waals surface area (Å²) in [4.78, 5) is 13.6. The number of alkyl halides is 3. The molecular formula is C17H23F3N2O3S. The molecule has 0 aliphatic carbocycles. The summed E-state index contributed by atoms with van der Waals surface area (Å²) in [5, 5.41) is 13.3. The first-order valence-corrected chi connectivity index (χ1v) is 9.44. The van der Waals surface area contributed by atoms with Crippen LogP contribution in [0.15, 0.2) is 24.3 Å². The Balaban J connectivity index is 1.73. The van der Waals surface area contributed by atoms with Gasteiger partial charge in [0.1, 0.15) is 18.5 Å². The van der Waals surface area contributed by atoms with Gasteiger partial charge in [-0.2, -0.15) is 24.9 Å². The van der Waals surface area contributed by atoms with Gasteiger partial charge in [-0.3, -0.25) is 4.79 Å². The van der Waals surface area contributed by atoms with Crippen LogP contribution in [-0.4, -0.2) is 66.3 Å². The Morgan fingerprint density at radius 3 is 2.69 bits per heavy atom. The molecule has 1 fully saturated rings. The second kappa shape index (κ2) is 9.48. The quantitative estimate of drug-likeness (QED) is 0.743. The van der Waals surface area contributed by atoms with E-state index in [1.165, 1.54) is 17.0 Å². The second-order valence-electron chi connectivity index (χ2n) is 6.19. The first-order valence-electron chi connectivity index (χ1n) is 8.29. The number of aliphatic hydroxyl groups excluding tert-OH is 1. The van der Waals surface area contributed by atoms with Crippen molar-refractivity contribution in [2.75, 3.05) is 38.2 Å². The van der Waals surface area contributed by atoms with E-state index in [1.807, 2.05) is 0 Å². The van der Waals surface area contributed by atoms with Crippen molar-refractivity contribution in [2.45, 2.75) is 24.7 Å². The smallest absolute Gasteiger partial charge is 0.416 e. The maximum Gasteiger partial charge on any atom is 0.416 e. The van der Waals surface area contributed by atoms with Crippen molar-refractivity contribution in [3.63, 3.8) is 0 Å². The highest BCUT2D eigenvalue weighted by Crippen LogP contribution is 2.30. The Morgan fingerprint density at radius 2 is 2.12 bits per heavy atom. The first-order chi connectivity index (χ1) is 12.3. The van der Waals surface area contributed by atoms with E-state index in [0.717, 1.165) is 30.2 Å². The molecule has 1 aromatic rings. The van der Waals surface area contributed by atoms with Crippen LogP contribution in [0.2, 0.25) is 0 Å². The average molecular weight is 392 g/mol. The van der Waals surface area contributed by atoms with E-state index in [2.05, 4.69) is 5.32 Å². The van der Waals surface area contributed by atoms with Gasteiger partial charge < -0.3 is 20.1 Å². The maximum atomic E-state index is 12.5. The summed E-state index contributed by atoms with van der Waals surface area (Å²) in [6.07, 6.45) is -4.96. The highest BCUT2D eigenvalue weighted by atomic mass is 32.2. The van der Waals surface area contributed by atoms with Crippen LogP contribution in [0.1, 0.15) is 12.0 Å². The van der Waals surface area contributed by atoms with E-state index >= 15 is 0 Å². The van der Waals surface area contributed by atoms with Gasteiger partial charge in [-0.1, -0.05) is 0 Å². The van der Waals surface area contributed by atoms with Gasteiger partial charge >= 0.3 is 6.18 Å². The van der Waals surface area contributed by atoms with Crippen LogP contribution in [-0.2, 0) is 11.0 Å². The Bertz CT molecular complexity index is 578. The van der Waals surface area contributed by atoms with Crippen LogP contribution >= 0.6 is 11.8 Å². The summed E-state index contributed by atoms with van der Waals surface area (Å²) in [7, 11) is 1.61. The molecule has 0 aromatic heterocycles. The number of benzene rings is 1. The van der Waals surface area contributed by atoms with Gasteiger partial charge in [0, 0.05) is 44.1 Å². The van der Waals surface area contributed by atoms with Crippen molar-refractivity contribution in [1.29, 1.82) is 0 Å². The van der Waals surface area contributed by atoms with Gasteiger partial charge in [0.05, 0.1) is 5.56 Å². The summed E-state index contributed by atoms with van der Waals surface area (Å²) >= 11 is 1.81. The molecule has 1 aliphatic heterocycles. The summed E-state index contributed by atoms with van der Waals surface area (Å²) in [6, 6.07) is 4.40. The topological polar surface area (TPSA) is 61.8 Å².